The van der Waals surface area contributed by atoms with Gasteiger partial charge in [-0.3, -0.25) is 9.79 Å². The molecule has 5 nitrogen and oxygen atoms in total. The van der Waals surface area contributed by atoms with Crippen LogP contribution in [0.4, 0.5) is 0 Å². The van der Waals surface area contributed by atoms with Crippen LogP contribution in [0.25, 0.3) is 0 Å². The molecule has 1 atom stereocenters. The first-order chi connectivity index (χ1) is 10.1. The molecule has 0 spiro atoms. The van der Waals surface area contributed by atoms with Gasteiger partial charge in [0.2, 0.25) is 0 Å². The van der Waals surface area contributed by atoms with Crippen LogP contribution in [0.15, 0.2) is 4.99 Å². The van der Waals surface area contributed by atoms with E-state index in [0.29, 0.717) is 11.2 Å². The van der Waals surface area contributed by atoms with Gasteiger partial charge in [-0.05, 0) is 38.4 Å². The molecule has 0 saturated carbocycles. The molecular formula is C15H29N3O2S. The Morgan fingerprint density at radius 3 is 2.76 bits per heavy atom. The van der Waals surface area contributed by atoms with Gasteiger partial charge in [0.25, 0.3) is 0 Å². The minimum atomic E-state index is -0.122. The summed E-state index contributed by atoms with van der Waals surface area (Å²) in [6.45, 7) is 4.15. The number of methoxy groups -OCH3 is 1. The van der Waals surface area contributed by atoms with Crippen LogP contribution >= 0.6 is 11.8 Å². The molecule has 2 N–H and O–H groups in total. The van der Waals surface area contributed by atoms with Crippen LogP contribution < -0.4 is 10.6 Å². The molecule has 1 rings (SSSR count). The van der Waals surface area contributed by atoms with Crippen LogP contribution in [-0.2, 0) is 9.53 Å². The highest BCUT2D eigenvalue weighted by Gasteiger charge is 2.29. The predicted molar refractivity (Wildman–Crippen MR) is 89.9 cm³/mol. The summed E-state index contributed by atoms with van der Waals surface area (Å²) >= 11 is 2.05. The van der Waals surface area contributed by atoms with Gasteiger partial charge in [-0.1, -0.05) is 6.42 Å². The molecule has 6 heteroatoms. The number of guanidine groups is 1. The molecular weight excluding hydrogens is 286 g/mol. The summed E-state index contributed by atoms with van der Waals surface area (Å²) in [7, 11) is 3.24. The molecule has 0 aromatic rings. The maximum atomic E-state index is 11.0. The fourth-order valence-corrected chi connectivity index (χ4v) is 3.59. The first-order valence-electron chi connectivity index (χ1n) is 7.75. The summed E-state index contributed by atoms with van der Waals surface area (Å²) in [5.41, 5.74) is 0. The zero-order valence-corrected chi connectivity index (χ0v) is 14.4. The van der Waals surface area contributed by atoms with E-state index in [1.807, 2.05) is 11.8 Å². The molecule has 0 aromatic heterocycles. The van der Waals surface area contributed by atoms with Crippen molar-refractivity contribution in [2.45, 2.75) is 50.2 Å². The third-order valence-electron chi connectivity index (χ3n) is 3.73. The molecule has 0 bridgehead atoms. The molecule has 1 aliphatic rings. The second-order valence-electron chi connectivity index (χ2n) is 5.64. The number of unbranched alkanes of at least 4 members (excludes halogenated alkanes) is 2. The van der Waals surface area contributed by atoms with Crippen molar-refractivity contribution < 1.29 is 9.53 Å². The highest BCUT2D eigenvalue weighted by Crippen LogP contribution is 2.36. The van der Waals surface area contributed by atoms with Crippen molar-refractivity contribution >= 4 is 23.7 Å². The summed E-state index contributed by atoms with van der Waals surface area (Å²) in [6.07, 6.45) is 6.04. The Bertz CT molecular complexity index is 342. The number of esters is 1. The van der Waals surface area contributed by atoms with Gasteiger partial charge in [0, 0.05) is 31.3 Å². The van der Waals surface area contributed by atoms with Crippen LogP contribution in [0.3, 0.4) is 0 Å². The highest BCUT2D eigenvalue weighted by atomic mass is 32.2. The van der Waals surface area contributed by atoms with E-state index in [0.717, 1.165) is 38.3 Å². The van der Waals surface area contributed by atoms with Gasteiger partial charge >= 0.3 is 5.97 Å². The standard InChI is InChI=1S/C15H29N3O2S/c1-15(9-7-11-21-15)12-18-14(16-2)17-10-6-4-5-8-13(19)20-3/h4-12H2,1-3H3,(H2,16,17,18). The van der Waals surface area contributed by atoms with Gasteiger partial charge in [0.15, 0.2) is 5.96 Å². The Balaban J connectivity index is 2.07. The zero-order chi connectivity index (χ0) is 15.6. The van der Waals surface area contributed by atoms with Crippen molar-refractivity contribution in [3.05, 3.63) is 0 Å². The summed E-state index contributed by atoms with van der Waals surface area (Å²) < 4.78 is 4.96. The number of thioether (sulfide) groups is 1. The molecule has 122 valence electrons. The number of rotatable bonds is 8. The van der Waals surface area contributed by atoms with Gasteiger partial charge < -0.3 is 15.4 Å². The SMILES string of the molecule is CN=C(NCCCCCC(=O)OC)NCC1(C)CCCS1. The van der Waals surface area contributed by atoms with Gasteiger partial charge in [-0.25, -0.2) is 0 Å². The number of carbonyl (C=O) groups excluding carboxylic acids is 1. The minimum Gasteiger partial charge on any atom is -0.469 e. The second kappa shape index (κ2) is 9.92. The lowest BCUT2D eigenvalue weighted by Gasteiger charge is -2.24. The molecule has 0 aromatic carbocycles. The van der Waals surface area contributed by atoms with Crippen LogP contribution in [0.2, 0.25) is 0 Å². The quantitative estimate of drug-likeness (QED) is 0.311. The number of hydrogen-bond donors (Lipinski definition) is 2. The van der Waals surface area contributed by atoms with Crippen LogP contribution in [0.5, 0.6) is 0 Å². The van der Waals surface area contributed by atoms with E-state index in [1.54, 1.807) is 7.05 Å². The van der Waals surface area contributed by atoms with E-state index in [2.05, 4.69) is 27.3 Å². The van der Waals surface area contributed by atoms with Crippen molar-refractivity contribution in [1.29, 1.82) is 0 Å². The highest BCUT2D eigenvalue weighted by molar-refractivity contribution is 8.00. The number of aliphatic imine (C=N–C) groups is 1. The average Bonchev–Trinajstić information content (AvgIpc) is 2.92. The average molecular weight is 315 g/mol. The monoisotopic (exact) mass is 315 g/mol. The van der Waals surface area contributed by atoms with E-state index in [4.69, 9.17) is 0 Å². The van der Waals surface area contributed by atoms with Gasteiger partial charge in [-0.15, -0.1) is 0 Å². The van der Waals surface area contributed by atoms with Gasteiger partial charge in [-0.2, -0.15) is 11.8 Å². The topological polar surface area (TPSA) is 62.7 Å². The number of carbonyl (C=O) groups is 1. The summed E-state index contributed by atoms with van der Waals surface area (Å²) in [6, 6.07) is 0. The lowest BCUT2D eigenvalue weighted by Crippen LogP contribution is -2.43. The molecule has 1 fully saturated rings. The first kappa shape index (κ1) is 18.1. The number of nitrogens with one attached hydrogen (secondary N) is 2. The zero-order valence-electron chi connectivity index (χ0n) is 13.5. The van der Waals surface area contributed by atoms with Crippen molar-refractivity contribution in [2.24, 2.45) is 4.99 Å². The summed E-state index contributed by atoms with van der Waals surface area (Å²) in [5, 5.41) is 6.74. The number of nitrogens with zero attached hydrogens (tertiary/aromatic N) is 1. The minimum absolute atomic E-state index is 0.122. The van der Waals surface area contributed by atoms with Crippen LogP contribution in [0.1, 0.15) is 45.4 Å². The Labute approximate surface area is 132 Å². The Kier molecular flexibility index (Phi) is 8.57. The summed E-state index contributed by atoms with van der Waals surface area (Å²) in [4.78, 5) is 15.2. The molecule has 1 unspecified atom stereocenters. The fraction of sp³-hybridized carbons (Fsp3) is 0.867. The second-order valence-corrected chi connectivity index (χ2v) is 7.32. The van der Waals surface area contributed by atoms with E-state index >= 15 is 0 Å². The maximum absolute atomic E-state index is 11.0. The lowest BCUT2D eigenvalue weighted by molar-refractivity contribution is -0.140. The molecule has 1 saturated heterocycles. The third-order valence-corrected chi connectivity index (χ3v) is 5.27. The van der Waals surface area contributed by atoms with Crippen LogP contribution in [-0.4, -0.2) is 49.7 Å². The van der Waals surface area contributed by atoms with E-state index in [1.165, 1.54) is 25.7 Å². The summed E-state index contributed by atoms with van der Waals surface area (Å²) in [5.74, 6) is 2.02. The number of hydrogen-bond acceptors (Lipinski definition) is 4. The van der Waals surface area contributed by atoms with Crippen molar-refractivity contribution in [3.8, 4) is 0 Å². The Morgan fingerprint density at radius 1 is 1.33 bits per heavy atom. The molecule has 0 amide bonds. The van der Waals surface area contributed by atoms with Gasteiger partial charge in [0.1, 0.15) is 0 Å². The lowest BCUT2D eigenvalue weighted by atomic mass is 10.1. The van der Waals surface area contributed by atoms with E-state index < -0.39 is 0 Å². The first-order valence-corrected chi connectivity index (χ1v) is 8.73. The predicted octanol–water partition coefficient (Wildman–Crippen LogP) is 2.17. The molecule has 21 heavy (non-hydrogen) atoms. The van der Waals surface area contributed by atoms with Crippen molar-refractivity contribution in [2.75, 3.05) is 33.0 Å². The third kappa shape index (κ3) is 7.60. The largest absolute Gasteiger partial charge is 0.469 e. The fourth-order valence-electron chi connectivity index (χ4n) is 2.35. The van der Waals surface area contributed by atoms with Crippen LogP contribution in [0, 0.1) is 0 Å². The van der Waals surface area contributed by atoms with E-state index in [-0.39, 0.29) is 5.97 Å². The molecule has 0 aliphatic carbocycles. The number of ether oxygens (including phenoxy) is 1. The Morgan fingerprint density at radius 2 is 2.14 bits per heavy atom. The van der Waals surface area contributed by atoms with E-state index in [9.17, 15) is 4.79 Å². The maximum Gasteiger partial charge on any atom is 0.305 e. The van der Waals surface area contributed by atoms with Crippen molar-refractivity contribution in [1.82, 2.24) is 10.6 Å². The molecule has 1 aliphatic heterocycles. The normalized spacial score (nSPS) is 22.1. The van der Waals surface area contributed by atoms with Crippen molar-refractivity contribution in [3.63, 3.8) is 0 Å². The molecule has 1 heterocycles. The Hall–Kier alpha value is -0.910. The van der Waals surface area contributed by atoms with Gasteiger partial charge in [0.05, 0.1) is 7.11 Å². The smallest absolute Gasteiger partial charge is 0.305 e. The molecule has 0 radical (unpaired) electrons.